The molecule has 0 atom stereocenters. The number of piperazine rings is 1. The number of amides is 2. The molecule has 0 spiro atoms. The SMILES string of the molecule is O=C(CCCC(=O)Nc1ccccc1O)Nc1ccc(N2CCN(c3ccccc3)CC2)cc1. The fourth-order valence-corrected chi connectivity index (χ4v) is 4.04. The number of nitrogens with zero attached hydrogens (tertiary/aromatic N) is 2. The molecular weight excluding hydrogens is 428 g/mol. The molecule has 1 heterocycles. The third-order valence-corrected chi connectivity index (χ3v) is 5.90. The molecule has 0 aromatic heterocycles. The molecule has 1 fully saturated rings. The number of benzene rings is 3. The van der Waals surface area contributed by atoms with Crippen molar-refractivity contribution in [2.45, 2.75) is 19.3 Å². The first-order chi connectivity index (χ1) is 16.6. The maximum Gasteiger partial charge on any atom is 0.224 e. The van der Waals surface area contributed by atoms with E-state index in [4.69, 9.17) is 0 Å². The molecule has 3 aromatic carbocycles. The maximum absolute atomic E-state index is 12.3. The van der Waals surface area contributed by atoms with E-state index in [1.165, 1.54) is 11.8 Å². The summed E-state index contributed by atoms with van der Waals surface area (Å²) in [6.07, 6.45) is 0.877. The highest BCUT2D eigenvalue weighted by Crippen LogP contribution is 2.23. The molecule has 1 aliphatic heterocycles. The molecule has 0 saturated carbocycles. The van der Waals surface area contributed by atoms with Crippen LogP contribution in [-0.2, 0) is 9.59 Å². The Morgan fingerprint density at radius 1 is 0.676 bits per heavy atom. The van der Waals surface area contributed by atoms with Crippen LogP contribution in [0.15, 0.2) is 78.9 Å². The predicted octanol–water partition coefficient (Wildman–Crippen LogP) is 4.47. The van der Waals surface area contributed by atoms with E-state index in [9.17, 15) is 14.7 Å². The van der Waals surface area contributed by atoms with Crippen molar-refractivity contribution in [2.75, 3.05) is 46.6 Å². The normalized spacial score (nSPS) is 13.4. The number of phenols is 1. The third kappa shape index (κ3) is 6.28. The lowest BCUT2D eigenvalue weighted by Gasteiger charge is -2.37. The fraction of sp³-hybridized carbons (Fsp3) is 0.259. The molecule has 2 amide bonds. The average Bonchev–Trinajstić information content (AvgIpc) is 2.87. The second kappa shape index (κ2) is 11.2. The van der Waals surface area contributed by atoms with E-state index in [1.54, 1.807) is 18.2 Å². The highest BCUT2D eigenvalue weighted by Gasteiger charge is 2.17. The summed E-state index contributed by atoms with van der Waals surface area (Å²) in [5, 5.41) is 15.3. The number of carbonyl (C=O) groups excluding carboxylic acids is 2. The number of carbonyl (C=O) groups is 2. The molecule has 0 aliphatic carbocycles. The number of aromatic hydroxyl groups is 1. The van der Waals surface area contributed by atoms with Crippen LogP contribution < -0.4 is 20.4 Å². The van der Waals surface area contributed by atoms with Crippen molar-refractivity contribution in [1.29, 1.82) is 0 Å². The summed E-state index contributed by atoms with van der Waals surface area (Å²) in [7, 11) is 0. The van der Waals surface area contributed by atoms with Crippen LogP contribution in [0.1, 0.15) is 19.3 Å². The van der Waals surface area contributed by atoms with Crippen LogP contribution in [-0.4, -0.2) is 43.1 Å². The van der Waals surface area contributed by atoms with Crippen molar-refractivity contribution in [3.8, 4) is 5.75 Å². The van der Waals surface area contributed by atoms with Crippen molar-refractivity contribution < 1.29 is 14.7 Å². The Morgan fingerprint density at radius 3 is 1.82 bits per heavy atom. The Labute approximate surface area is 200 Å². The zero-order valence-corrected chi connectivity index (χ0v) is 19.1. The van der Waals surface area contributed by atoms with Crippen LogP contribution in [0, 0.1) is 0 Å². The number of rotatable bonds is 8. The molecular formula is C27H30N4O3. The monoisotopic (exact) mass is 458 g/mol. The topological polar surface area (TPSA) is 84.9 Å². The van der Waals surface area contributed by atoms with E-state index >= 15 is 0 Å². The highest BCUT2D eigenvalue weighted by molar-refractivity contribution is 5.93. The van der Waals surface area contributed by atoms with Gasteiger partial charge in [0.05, 0.1) is 5.69 Å². The van der Waals surface area contributed by atoms with Gasteiger partial charge in [-0.25, -0.2) is 0 Å². The molecule has 3 aromatic rings. The molecule has 0 radical (unpaired) electrons. The number of hydrogen-bond acceptors (Lipinski definition) is 5. The minimum absolute atomic E-state index is 0.0233. The van der Waals surface area contributed by atoms with Crippen LogP contribution in [0.4, 0.5) is 22.7 Å². The van der Waals surface area contributed by atoms with E-state index in [2.05, 4.69) is 44.7 Å². The van der Waals surface area contributed by atoms with Gasteiger partial charge in [-0.1, -0.05) is 30.3 Å². The number of para-hydroxylation sites is 3. The Bertz CT molecular complexity index is 1090. The first-order valence-corrected chi connectivity index (χ1v) is 11.6. The minimum atomic E-state index is -0.231. The second-order valence-electron chi connectivity index (χ2n) is 8.32. The molecule has 4 rings (SSSR count). The fourth-order valence-electron chi connectivity index (χ4n) is 4.04. The first kappa shape index (κ1) is 23.2. The molecule has 0 bridgehead atoms. The van der Waals surface area contributed by atoms with Gasteiger partial charge in [-0.2, -0.15) is 0 Å². The molecule has 1 saturated heterocycles. The van der Waals surface area contributed by atoms with Crippen LogP contribution >= 0.6 is 0 Å². The van der Waals surface area contributed by atoms with Crippen molar-refractivity contribution >= 4 is 34.6 Å². The van der Waals surface area contributed by atoms with Gasteiger partial charge in [0.25, 0.3) is 0 Å². The zero-order chi connectivity index (χ0) is 23.8. The molecule has 7 heteroatoms. The summed E-state index contributed by atoms with van der Waals surface area (Å²) in [6, 6.07) is 24.9. The Hall–Kier alpha value is -4.00. The van der Waals surface area contributed by atoms with Gasteiger partial charge in [-0.3, -0.25) is 9.59 Å². The van der Waals surface area contributed by atoms with Gasteiger partial charge in [0, 0.05) is 56.1 Å². The molecule has 0 unspecified atom stereocenters. The maximum atomic E-state index is 12.3. The minimum Gasteiger partial charge on any atom is -0.506 e. The van der Waals surface area contributed by atoms with Gasteiger partial charge in [0.1, 0.15) is 5.75 Å². The predicted molar refractivity (Wildman–Crippen MR) is 137 cm³/mol. The van der Waals surface area contributed by atoms with Gasteiger partial charge < -0.3 is 25.5 Å². The summed E-state index contributed by atoms with van der Waals surface area (Å²) in [5.74, 6) is -0.333. The van der Waals surface area contributed by atoms with Gasteiger partial charge in [0.2, 0.25) is 11.8 Å². The quantitative estimate of drug-likeness (QED) is 0.434. The Morgan fingerprint density at radius 2 is 1.21 bits per heavy atom. The standard InChI is InChI=1S/C27H30N4O3/c32-25-10-5-4-9-24(25)29-27(34)12-6-11-26(33)28-21-13-15-23(16-14-21)31-19-17-30(18-20-31)22-7-2-1-3-8-22/h1-5,7-10,13-16,32H,6,11-12,17-20H2,(H,28,33)(H,29,34). The van der Waals surface area contributed by atoms with Crippen LogP contribution in [0.25, 0.3) is 0 Å². The van der Waals surface area contributed by atoms with Crippen LogP contribution in [0.3, 0.4) is 0 Å². The van der Waals surface area contributed by atoms with E-state index in [0.29, 0.717) is 12.1 Å². The van der Waals surface area contributed by atoms with Crippen molar-refractivity contribution in [3.63, 3.8) is 0 Å². The summed E-state index contributed by atoms with van der Waals surface area (Å²) in [4.78, 5) is 29.0. The number of phenolic OH excluding ortho intramolecular Hbond substituents is 1. The van der Waals surface area contributed by atoms with E-state index in [-0.39, 0.29) is 30.4 Å². The van der Waals surface area contributed by atoms with E-state index < -0.39 is 0 Å². The number of nitrogens with one attached hydrogen (secondary N) is 2. The number of hydrogen-bond donors (Lipinski definition) is 3. The Balaban J connectivity index is 1.18. The van der Waals surface area contributed by atoms with E-state index in [1.807, 2.05) is 30.3 Å². The van der Waals surface area contributed by atoms with Crippen molar-refractivity contribution in [2.24, 2.45) is 0 Å². The summed E-state index contributed by atoms with van der Waals surface area (Å²) < 4.78 is 0. The second-order valence-corrected chi connectivity index (χ2v) is 8.32. The van der Waals surface area contributed by atoms with Crippen LogP contribution in [0.5, 0.6) is 5.75 Å². The summed E-state index contributed by atoms with van der Waals surface area (Å²) in [5.41, 5.74) is 3.52. The largest absolute Gasteiger partial charge is 0.506 e. The summed E-state index contributed by atoms with van der Waals surface area (Å²) >= 11 is 0. The lowest BCUT2D eigenvalue weighted by atomic mass is 10.2. The summed E-state index contributed by atoms with van der Waals surface area (Å²) in [6.45, 7) is 3.84. The van der Waals surface area contributed by atoms with Gasteiger partial charge >= 0.3 is 0 Å². The molecule has 7 nitrogen and oxygen atoms in total. The Kier molecular flexibility index (Phi) is 7.65. The number of anilines is 4. The first-order valence-electron chi connectivity index (χ1n) is 11.6. The zero-order valence-electron chi connectivity index (χ0n) is 19.1. The van der Waals surface area contributed by atoms with Crippen molar-refractivity contribution in [3.05, 3.63) is 78.9 Å². The van der Waals surface area contributed by atoms with Gasteiger partial charge in [-0.05, 0) is 55.0 Å². The molecule has 3 N–H and O–H groups in total. The third-order valence-electron chi connectivity index (χ3n) is 5.90. The smallest absolute Gasteiger partial charge is 0.224 e. The lowest BCUT2D eigenvalue weighted by Crippen LogP contribution is -2.46. The highest BCUT2D eigenvalue weighted by atomic mass is 16.3. The van der Waals surface area contributed by atoms with Crippen LogP contribution in [0.2, 0.25) is 0 Å². The van der Waals surface area contributed by atoms with Crippen molar-refractivity contribution in [1.82, 2.24) is 0 Å². The average molecular weight is 459 g/mol. The van der Waals surface area contributed by atoms with Gasteiger partial charge in [0.15, 0.2) is 0 Å². The molecule has 176 valence electrons. The molecule has 1 aliphatic rings. The van der Waals surface area contributed by atoms with Gasteiger partial charge in [-0.15, -0.1) is 0 Å². The molecule has 34 heavy (non-hydrogen) atoms. The lowest BCUT2D eigenvalue weighted by molar-refractivity contribution is -0.117. The van der Waals surface area contributed by atoms with E-state index in [0.717, 1.165) is 37.6 Å².